The van der Waals surface area contributed by atoms with Crippen molar-refractivity contribution in [3.8, 4) is 95.5 Å². The summed E-state index contributed by atoms with van der Waals surface area (Å²) < 4.78 is 8.78. The summed E-state index contributed by atoms with van der Waals surface area (Å²) in [6, 6.07) is 91.4. The first-order valence-electron chi connectivity index (χ1n) is 27.3. The third-order valence-corrected chi connectivity index (χ3v) is 15.8. The topological polar surface area (TPSA) is 56.7 Å². The van der Waals surface area contributed by atoms with Crippen LogP contribution in [0.25, 0.3) is 139 Å². The monoisotopic (exact) mass is 1010 g/mol. The molecule has 14 aromatic rings. The number of nitrogens with zero attached hydrogens (tertiary/aromatic N) is 4. The average Bonchev–Trinajstić information content (AvgIpc) is 4.19. The van der Waals surface area contributed by atoms with Gasteiger partial charge in [-0.2, -0.15) is 0 Å². The lowest BCUT2D eigenvalue weighted by Crippen LogP contribution is -2.14. The molecule has 0 saturated carbocycles. The van der Waals surface area contributed by atoms with Gasteiger partial charge in [0.05, 0.1) is 11.0 Å². The van der Waals surface area contributed by atoms with Crippen LogP contribution >= 0.6 is 0 Å². The largest absolute Gasteiger partial charge is 0.456 e. The number of aromatic nitrogens is 4. The number of furan rings is 1. The Hall–Kier alpha value is -9.97. The first kappa shape index (κ1) is 47.5. The van der Waals surface area contributed by atoms with Gasteiger partial charge in [-0.3, -0.25) is 0 Å². The fourth-order valence-electron chi connectivity index (χ4n) is 12.0. The van der Waals surface area contributed by atoms with E-state index in [2.05, 4.69) is 219 Å². The summed E-state index contributed by atoms with van der Waals surface area (Å²) in [4.78, 5) is 15.4. The highest BCUT2D eigenvalue weighted by Crippen LogP contribution is 2.50. The van der Waals surface area contributed by atoms with Crippen LogP contribution in [0.4, 0.5) is 0 Å². The predicted molar refractivity (Wildman–Crippen MR) is 328 cm³/mol. The van der Waals surface area contributed by atoms with E-state index in [0.717, 1.165) is 72.0 Å². The van der Waals surface area contributed by atoms with Gasteiger partial charge in [-0.1, -0.05) is 216 Å². The Balaban J connectivity index is 0.00000279. The summed E-state index contributed by atoms with van der Waals surface area (Å²) in [5.41, 5.74) is 22.2. The predicted octanol–water partition coefficient (Wildman–Crippen LogP) is 19.9. The van der Waals surface area contributed by atoms with E-state index in [0.29, 0.717) is 17.5 Å². The number of benzene rings is 11. The van der Waals surface area contributed by atoms with Gasteiger partial charge in [0.15, 0.2) is 17.5 Å². The summed E-state index contributed by atoms with van der Waals surface area (Å²) in [6.07, 6.45) is 0. The molecule has 0 amide bonds. The van der Waals surface area contributed by atoms with E-state index in [1.54, 1.807) is 0 Å². The summed E-state index contributed by atoms with van der Waals surface area (Å²) in [6.45, 7) is 8.72. The van der Waals surface area contributed by atoms with Crippen molar-refractivity contribution in [2.24, 2.45) is 0 Å². The molecule has 0 fully saturated rings. The van der Waals surface area contributed by atoms with E-state index in [1.807, 2.05) is 68.4 Å². The molecular formula is C74H54N4O. The smallest absolute Gasteiger partial charge is 0.164 e. The molecule has 0 unspecified atom stereocenters. The zero-order chi connectivity index (χ0) is 53.2. The molecule has 3 heterocycles. The SMILES string of the molecule is CC.CC1(C)c2ccccc2-c2ccc(-c3cc(-c4ccccc4)cc(-c4cccc5c6ccccc6n(-c6cccc(-c7cccc(-c8nc(-c9ccccc9)nc(-c9ccc%10c(c9)oc9ccccc9%10)n8)c7)c6)c45)c3)cc21. The molecular weight excluding hydrogens is 961 g/mol. The average molecular weight is 1020 g/mol. The van der Waals surface area contributed by atoms with Crippen LogP contribution in [0.1, 0.15) is 38.8 Å². The van der Waals surface area contributed by atoms with Gasteiger partial charge >= 0.3 is 0 Å². The summed E-state index contributed by atoms with van der Waals surface area (Å²) in [5, 5.41) is 4.55. The van der Waals surface area contributed by atoms with Gasteiger partial charge in [0.25, 0.3) is 0 Å². The highest BCUT2D eigenvalue weighted by Gasteiger charge is 2.35. The zero-order valence-corrected chi connectivity index (χ0v) is 44.4. The summed E-state index contributed by atoms with van der Waals surface area (Å²) >= 11 is 0. The highest BCUT2D eigenvalue weighted by atomic mass is 16.3. The third kappa shape index (κ3) is 8.13. The van der Waals surface area contributed by atoms with Crippen molar-refractivity contribution in [2.75, 3.05) is 0 Å². The number of fused-ring (bicyclic) bond motifs is 9. The van der Waals surface area contributed by atoms with E-state index in [9.17, 15) is 0 Å². The normalized spacial score (nSPS) is 12.4. The van der Waals surface area contributed by atoms with Gasteiger partial charge in [-0.25, -0.2) is 15.0 Å². The highest BCUT2D eigenvalue weighted by molar-refractivity contribution is 6.14. The van der Waals surface area contributed by atoms with Gasteiger partial charge in [0.1, 0.15) is 11.2 Å². The number of hydrogen-bond donors (Lipinski definition) is 0. The quantitative estimate of drug-likeness (QED) is 0.152. The molecule has 5 nitrogen and oxygen atoms in total. The Labute approximate surface area is 459 Å². The van der Waals surface area contributed by atoms with Crippen LogP contribution in [-0.2, 0) is 5.41 Å². The lowest BCUT2D eigenvalue weighted by Gasteiger charge is -2.22. The zero-order valence-electron chi connectivity index (χ0n) is 44.4. The van der Waals surface area contributed by atoms with Crippen LogP contribution in [0.15, 0.2) is 259 Å². The Morgan fingerprint density at radius 1 is 0.316 bits per heavy atom. The fraction of sp³-hybridized carbons (Fsp3) is 0.0676. The fourth-order valence-corrected chi connectivity index (χ4v) is 12.0. The van der Waals surface area contributed by atoms with Crippen molar-refractivity contribution < 1.29 is 4.42 Å². The maximum Gasteiger partial charge on any atom is 0.164 e. The van der Waals surface area contributed by atoms with Crippen molar-refractivity contribution in [1.29, 1.82) is 0 Å². The van der Waals surface area contributed by atoms with Crippen LogP contribution < -0.4 is 0 Å². The van der Waals surface area contributed by atoms with Crippen molar-refractivity contribution >= 4 is 43.7 Å². The standard InChI is InChI=1S/C72H48N4O.C2H6/c1-72(2)63-31-12-9-26-57(63)58-36-34-49(43-64(58)72)53-39-52(45-18-5-3-6-19-45)40-54(41-53)56-29-17-30-62-59-27-10-13-32-65(59)76(68(56)62)55-25-16-23-48(42-55)47-22-15-24-50(38-47)70-73-69(46-20-7-4-8-21-46)74-71(75-70)51-35-37-61-60-28-11-14-33-66(60)77-67(61)44-51;1-2/h3-44H,1-2H3;1-2H3. The van der Waals surface area contributed by atoms with Crippen molar-refractivity contribution in [3.05, 3.63) is 266 Å². The molecule has 0 N–H and O–H groups in total. The Morgan fingerprint density at radius 2 is 0.823 bits per heavy atom. The molecule has 79 heavy (non-hydrogen) atoms. The second kappa shape index (κ2) is 19.2. The van der Waals surface area contributed by atoms with Gasteiger partial charge in [0.2, 0.25) is 0 Å². The minimum Gasteiger partial charge on any atom is -0.456 e. The molecule has 11 aromatic carbocycles. The lowest BCUT2D eigenvalue weighted by molar-refractivity contribution is 0.660. The van der Waals surface area contributed by atoms with Crippen LogP contribution in [0.3, 0.4) is 0 Å². The third-order valence-electron chi connectivity index (χ3n) is 15.8. The van der Waals surface area contributed by atoms with E-state index in [4.69, 9.17) is 19.4 Å². The second-order valence-electron chi connectivity index (χ2n) is 20.8. The Bertz CT molecular complexity index is 4660. The minimum absolute atomic E-state index is 0.111. The molecule has 0 aliphatic heterocycles. The van der Waals surface area contributed by atoms with Crippen LogP contribution in [0.2, 0.25) is 0 Å². The molecule has 3 aromatic heterocycles. The molecule has 5 heteroatoms. The molecule has 0 radical (unpaired) electrons. The van der Waals surface area contributed by atoms with Gasteiger partial charge in [-0.05, 0) is 128 Å². The van der Waals surface area contributed by atoms with Crippen molar-refractivity contribution in [2.45, 2.75) is 33.1 Å². The number of rotatable bonds is 8. The molecule has 15 rings (SSSR count). The molecule has 0 atom stereocenters. The first-order valence-corrected chi connectivity index (χ1v) is 27.3. The Kier molecular flexibility index (Phi) is 11.6. The van der Waals surface area contributed by atoms with E-state index < -0.39 is 0 Å². The van der Waals surface area contributed by atoms with Crippen LogP contribution in [-0.4, -0.2) is 19.5 Å². The Morgan fingerprint density at radius 3 is 1.62 bits per heavy atom. The van der Waals surface area contributed by atoms with Crippen molar-refractivity contribution in [1.82, 2.24) is 19.5 Å². The maximum absolute atomic E-state index is 6.32. The summed E-state index contributed by atoms with van der Waals surface area (Å²) in [7, 11) is 0. The minimum atomic E-state index is -0.111. The van der Waals surface area contributed by atoms with Crippen molar-refractivity contribution in [3.63, 3.8) is 0 Å². The molecule has 376 valence electrons. The second-order valence-corrected chi connectivity index (χ2v) is 20.8. The number of para-hydroxylation sites is 3. The van der Waals surface area contributed by atoms with Crippen LogP contribution in [0.5, 0.6) is 0 Å². The molecule has 0 spiro atoms. The van der Waals surface area contributed by atoms with Gasteiger partial charge < -0.3 is 8.98 Å². The molecule has 1 aliphatic rings. The van der Waals surface area contributed by atoms with Crippen LogP contribution in [0, 0.1) is 0 Å². The molecule has 0 saturated heterocycles. The summed E-state index contributed by atoms with van der Waals surface area (Å²) in [5.74, 6) is 1.78. The molecule has 0 bridgehead atoms. The molecule has 1 aliphatic carbocycles. The lowest BCUT2D eigenvalue weighted by atomic mass is 9.81. The maximum atomic E-state index is 6.32. The first-order chi connectivity index (χ1) is 38.9. The van der Waals surface area contributed by atoms with E-state index in [1.165, 1.54) is 60.8 Å². The van der Waals surface area contributed by atoms with E-state index >= 15 is 0 Å². The van der Waals surface area contributed by atoms with Gasteiger partial charge in [0, 0.05) is 54.9 Å². The number of hydrogen-bond acceptors (Lipinski definition) is 4. The van der Waals surface area contributed by atoms with E-state index in [-0.39, 0.29) is 5.41 Å². The van der Waals surface area contributed by atoms with Gasteiger partial charge in [-0.15, -0.1) is 0 Å².